The Hall–Kier alpha value is -3.14. The van der Waals surface area contributed by atoms with Gasteiger partial charge in [-0.05, 0) is 47.2 Å². The Bertz CT molecular complexity index is 1020. The van der Waals surface area contributed by atoms with Crippen molar-refractivity contribution in [3.8, 4) is 22.6 Å². The Morgan fingerprint density at radius 1 is 1.25 bits per heavy atom. The van der Waals surface area contributed by atoms with Crippen LogP contribution in [-0.4, -0.2) is 26.1 Å². The molecular formula is C17H13ClF3N5O2. The van der Waals surface area contributed by atoms with Gasteiger partial charge in [0.25, 0.3) is 0 Å². The van der Waals surface area contributed by atoms with E-state index in [1.807, 2.05) is 0 Å². The Labute approximate surface area is 162 Å². The van der Waals surface area contributed by atoms with Crippen molar-refractivity contribution in [3.63, 3.8) is 0 Å². The molecule has 146 valence electrons. The van der Waals surface area contributed by atoms with E-state index in [1.54, 1.807) is 13.0 Å². The SMILES string of the molecule is CC(=O)NOc1ccc(-c2ccc(Cl)c(C(F)(F)F)c2)c(-n2cnnn2)c1C. The molecule has 3 rings (SSSR count). The number of halogens is 4. The van der Waals surface area contributed by atoms with Gasteiger partial charge in [-0.1, -0.05) is 17.7 Å². The summed E-state index contributed by atoms with van der Waals surface area (Å²) in [5, 5.41) is 10.6. The highest BCUT2D eigenvalue weighted by atomic mass is 35.5. The van der Waals surface area contributed by atoms with Crippen molar-refractivity contribution in [2.45, 2.75) is 20.0 Å². The molecule has 0 unspecified atom stereocenters. The van der Waals surface area contributed by atoms with Crippen LogP contribution in [0.25, 0.3) is 16.8 Å². The number of carbonyl (C=O) groups is 1. The maximum Gasteiger partial charge on any atom is 0.417 e. The zero-order valence-electron chi connectivity index (χ0n) is 14.6. The van der Waals surface area contributed by atoms with Gasteiger partial charge in [0.05, 0.1) is 16.3 Å². The molecule has 1 amide bonds. The molecule has 0 fully saturated rings. The molecule has 0 spiro atoms. The molecule has 0 radical (unpaired) electrons. The molecule has 3 aromatic rings. The molecule has 0 saturated carbocycles. The zero-order valence-corrected chi connectivity index (χ0v) is 15.3. The summed E-state index contributed by atoms with van der Waals surface area (Å²) in [7, 11) is 0. The number of carbonyl (C=O) groups excluding carboxylic acids is 1. The minimum atomic E-state index is -4.61. The molecule has 2 aromatic carbocycles. The molecule has 0 aliphatic heterocycles. The third-order valence-corrected chi connectivity index (χ3v) is 4.18. The summed E-state index contributed by atoms with van der Waals surface area (Å²) < 4.78 is 41.1. The van der Waals surface area contributed by atoms with E-state index in [-0.39, 0.29) is 11.3 Å². The minimum absolute atomic E-state index is 0.261. The van der Waals surface area contributed by atoms with Crippen LogP contribution in [0, 0.1) is 6.92 Å². The first-order valence-electron chi connectivity index (χ1n) is 7.86. The standard InChI is InChI=1S/C17H13ClF3N5O2/c1-9-15(28-23-10(2)27)6-4-12(16(9)26-8-22-24-25-26)11-3-5-14(18)13(7-11)17(19,20)21/h3-8H,1-2H3,(H,23,27). The quantitative estimate of drug-likeness (QED) is 0.661. The molecule has 11 heteroatoms. The van der Waals surface area contributed by atoms with E-state index >= 15 is 0 Å². The van der Waals surface area contributed by atoms with Crippen molar-refractivity contribution in [1.82, 2.24) is 25.7 Å². The van der Waals surface area contributed by atoms with Crippen molar-refractivity contribution in [2.24, 2.45) is 0 Å². The molecule has 1 heterocycles. The summed E-state index contributed by atoms with van der Waals surface area (Å²) in [6.07, 6.45) is -3.31. The number of nitrogens with zero attached hydrogens (tertiary/aromatic N) is 4. The number of rotatable bonds is 4. The first-order valence-corrected chi connectivity index (χ1v) is 8.23. The first kappa shape index (κ1) is 19.6. The van der Waals surface area contributed by atoms with Gasteiger partial charge in [-0.2, -0.15) is 23.3 Å². The summed E-state index contributed by atoms with van der Waals surface area (Å²) in [6, 6.07) is 6.68. The van der Waals surface area contributed by atoms with Crippen LogP contribution >= 0.6 is 11.6 Å². The lowest BCUT2D eigenvalue weighted by Crippen LogP contribution is -2.24. The number of hydroxylamine groups is 1. The topological polar surface area (TPSA) is 81.9 Å². The maximum atomic E-state index is 13.3. The lowest BCUT2D eigenvalue weighted by molar-refractivity contribution is -0.137. The van der Waals surface area contributed by atoms with Gasteiger partial charge < -0.3 is 4.84 Å². The molecule has 1 N–H and O–H groups in total. The van der Waals surface area contributed by atoms with Crippen molar-refractivity contribution in [2.75, 3.05) is 0 Å². The molecule has 7 nitrogen and oxygen atoms in total. The lowest BCUT2D eigenvalue weighted by Gasteiger charge is -2.17. The van der Waals surface area contributed by atoms with Gasteiger partial charge in [0, 0.05) is 18.1 Å². The van der Waals surface area contributed by atoms with Gasteiger partial charge in [0.2, 0.25) is 5.91 Å². The van der Waals surface area contributed by atoms with Gasteiger partial charge in [-0.25, -0.2) is 0 Å². The zero-order chi connectivity index (χ0) is 20.5. The van der Waals surface area contributed by atoms with Crippen molar-refractivity contribution in [3.05, 3.63) is 52.8 Å². The third kappa shape index (κ3) is 3.91. The highest BCUT2D eigenvalue weighted by Crippen LogP contribution is 2.40. The molecule has 0 saturated heterocycles. The van der Waals surface area contributed by atoms with E-state index < -0.39 is 22.7 Å². The van der Waals surface area contributed by atoms with Crippen LogP contribution in [0.5, 0.6) is 5.75 Å². The summed E-state index contributed by atoms with van der Waals surface area (Å²) >= 11 is 5.72. The van der Waals surface area contributed by atoms with Crippen LogP contribution < -0.4 is 10.3 Å². The Morgan fingerprint density at radius 3 is 2.61 bits per heavy atom. The van der Waals surface area contributed by atoms with Crippen LogP contribution in [0.15, 0.2) is 36.7 Å². The van der Waals surface area contributed by atoms with Crippen LogP contribution in [0.3, 0.4) is 0 Å². The average molecular weight is 412 g/mol. The van der Waals surface area contributed by atoms with Gasteiger partial charge in [-0.15, -0.1) is 5.10 Å². The van der Waals surface area contributed by atoms with E-state index in [0.717, 1.165) is 6.07 Å². The summed E-state index contributed by atoms with van der Waals surface area (Å²) in [6.45, 7) is 2.94. The van der Waals surface area contributed by atoms with Crippen LogP contribution in [0.4, 0.5) is 13.2 Å². The fourth-order valence-electron chi connectivity index (χ4n) is 2.62. The van der Waals surface area contributed by atoms with E-state index in [4.69, 9.17) is 16.4 Å². The highest BCUT2D eigenvalue weighted by molar-refractivity contribution is 6.31. The highest BCUT2D eigenvalue weighted by Gasteiger charge is 2.33. The predicted octanol–water partition coefficient (Wildman–Crippen LogP) is 3.74. The van der Waals surface area contributed by atoms with Crippen LogP contribution in [-0.2, 0) is 11.0 Å². The van der Waals surface area contributed by atoms with Gasteiger partial charge >= 0.3 is 6.18 Å². The molecule has 0 aliphatic carbocycles. The summed E-state index contributed by atoms with van der Waals surface area (Å²) in [5.74, 6) is -0.130. The largest absolute Gasteiger partial charge is 0.417 e. The molecule has 0 bridgehead atoms. The second kappa shape index (κ2) is 7.47. The van der Waals surface area contributed by atoms with E-state index in [0.29, 0.717) is 16.8 Å². The Morgan fingerprint density at radius 2 is 2.00 bits per heavy atom. The van der Waals surface area contributed by atoms with Crippen molar-refractivity contribution >= 4 is 17.5 Å². The van der Waals surface area contributed by atoms with E-state index in [1.165, 1.54) is 36.1 Å². The van der Waals surface area contributed by atoms with Crippen molar-refractivity contribution < 1.29 is 22.8 Å². The predicted molar refractivity (Wildman–Crippen MR) is 93.8 cm³/mol. The lowest BCUT2D eigenvalue weighted by atomic mass is 9.98. The van der Waals surface area contributed by atoms with Gasteiger partial charge in [0.1, 0.15) is 6.33 Å². The van der Waals surface area contributed by atoms with Crippen LogP contribution in [0.1, 0.15) is 18.1 Å². The van der Waals surface area contributed by atoms with Gasteiger partial charge in [-0.3, -0.25) is 4.79 Å². The molecule has 1 aromatic heterocycles. The number of nitrogens with one attached hydrogen (secondary N) is 1. The number of hydrogen-bond donors (Lipinski definition) is 1. The minimum Gasteiger partial charge on any atom is -0.379 e. The Balaban J connectivity index is 2.19. The second-order valence-corrected chi connectivity index (χ2v) is 6.20. The first-order chi connectivity index (χ1) is 13.2. The number of tetrazole rings is 1. The monoisotopic (exact) mass is 411 g/mol. The number of alkyl halides is 3. The molecule has 0 aliphatic rings. The Kier molecular flexibility index (Phi) is 5.23. The summed E-state index contributed by atoms with van der Waals surface area (Å²) in [4.78, 5) is 16.3. The normalized spacial score (nSPS) is 11.4. The fraction of sp³-hybridized carbons (Fsp3) is 0.176. The third-order valence-electron chi connectivity index (χ3n) is 3.85. The average Bonchev–Trinajstić information content (AvgIpc) is 3.14. The maximum absolute atomic E-state index is 13.3. The number of aromatic nitrogens is 4. The second-order valence-electron chi connectivity index (χ2n) is 5.79. The molecule has 0 atom stereocenters. The number of hydrogen-bond acceptors (Lipinski definition) is 5. The molecule has 28 heavy (non-hydrogen) atoms. The van der Waals surface area contributed by atoms with E-state index in [9.17, 15) is 18.0 Å². The van der Waals surface area contributed by atoms with E-state index in [2.05, 4.69) is 21.0 Å². The fourth-order valence-corrected chi connectivity index (χ4v) is 2.85. The molecular weight excluding hydrogens is 399 g/mol. The number of benzene rings is 2. The van der Waals surface area contributed by atoms with Gasteiger partial charge in [0.15, 0.2) is 5.75 Å². The van der Waals surface area contributed by atoms with Crippen molar-refractivity contribution in [1.29, 1.82) is 0 Å². The van der Waals surface area contributed by atoms with Crippen LogP contribution in [0.2, 0.25) is 5.02 Å². The smallest absolute Gasteiger partial charge is 0.379 e. The number of amides is 1. The summed E-state index contributed by atoms with van der Waals surface area (Å²) in [5.41, 5.74) is 2.82.